The van der Waals surface area contributed by atoms with E-state index in [4.69, 9.17) is 0 Å². The van der Waals surface area contributed by atoms with E-state index < -0.39 is 0 Å². The highest BCUT2D eigenvalue weighted by atomic mass is 19.1. The van der Waals surface area contributed by atoms with Gasteiger partial charge in [-0.1, -0.05) is 24.3 Å². The fourth-order valence-corrected chi connectivity index (χ4v) is 4.84. The summed E-state index contributed by atoms with van der Waals surface area (Å²) in [5.74, 6) is 0.728. The molecule has 0 saturated carbocycles. The molecule has 2 amide bonds. The first-order valence-electron chi connectivity index (χ1n) is 10.2. The summed E-state index contributed by atoms with van der Waals surface area (Å²) < 4.78 is 13.9. The summed E-state index contributed by atoms with van der Waals surface area (Å²) in [4.78, 5) is 18.8. The Labute approximate surface area is 171 Å². The van der Waals surface area contributed by atoms with Crippen molar-refractivity contribution in [3.8, 4) is 5.75 Å². The summed E-state index contributed by atoms with van der Waals surface area (Å²) in [5, 5.41) is 9.44. The Balaban J connectivity index is 1.49. The number of hydrogen-bond donors (Lipinski definition) is 1. The molecular formula is C23H28FN3O2. The number of aromatic hydroxyl groups is 1. The van der Waals surface area contributed by atoms with Crippen molar-refractivity contribution in [3.63, 3.8) is 0 Å². The minimum atomic E-state index is -0.259. The Bertz CT molecular complexity index is 871. The van der Waals surface area contributed by atoms with Gasteiger partial charge in [0.05, 0.1) is 6.04 Å². The standard InChI is InChI=1S/C23H28FN3O2/c1-25(2)23(29)27-14-18-13-26(11-10-16-6-8-20(28)9-7-16)15-21(18)22(27)17-4-3-5-19(24)12-17/h3-9,12,18,21-22,28H,10-11,13-15H2,1-2H3/t18-,21-,22+/m1/s1. The van der Waals surface area contributed by atoms with Gasteiger partial charge in [0.25, 0.3) is 0 Å². The van der Waals surface area contributed by atoms with Crippen molar-refractivity contribution < 1.29 is 14.3 Å². The molecule has 2 aromatic rings. The average Bonchev–Trinajstić information content (AvgIpc) is 3.24. The van der Waals surface area contributed by atoms with Gasteiger partial charge >= 0.3 is 6.03 Å². The highest BCUT2D eigenvalue weighted by Gasteiger charge is 2.49. The minimum Gasteiger partial charge on any atom is -0.508 e. The number of amides is 2. The third-order valence-electron chi connectivity index (χ3n) is 6.21. The maximum absolute atomic E-state index is 13.9. The molecule has 2 aliphatic rings. The van der Waals surface area contributed by atoms with Crippen LogP contribution in [0, 0.1) is 17.7 Å². The normalized spacial score (nSPS) is 24.0. The summed E-state index contributed by atoms with van der Waals surface area (Å²) in [6.07, 6.45) is 0.921. The lowest BCUT2D eigenvalue weighted by Gasteiger charge is -2.32. The zero-order chi connectivity index (χ0) is 20.5. The van der Waals surface area contributed by atoms with Gasteiger partial charge in [0, 0.05) is 46.2 Å². The lowest BCUT2D eigenvalue weighted by Crippen LogP contribution is -2.41. The van der Waals surface area contributed by atoms with Crippen molar-refractivity contribution in [1.82, 2.24) is 14.7 Å². The molecule has 0 unspecified atom stereocenters. The van der Waals surface area contributed by atoms with E-state index in [9.17, 15) is 14.3 Å². The Morgan fingerprint density at radius 3 is 2.59 bits per heavy atom. The second kappa shape index (κ2) is 8.03. The van der Waals surface area contributed by atoms with E-state index in [1.807, 2.05) is 23.1 Å². The summed E-state index contributed by atoms with van der Waals surface area (Å²) in [5.41, 5.74) is 2.08. The van der Waals surface area contributed by atoms with Crippen LogP contribution in [0.4, 0.5) is 9.18 Å². The van der Waals surface area contributed by atoms with Crippen LogP contribution in [0.2, 0.25) is 0 Å². The number of halogens is 1. The molecule has 0 bridgehead atoms. The Morgan fingerprint density at radius 2 is 1.90 bits per heavy atom. The predicted octanol–water partition coefficient (Wildman–Crippen LogP) is 3.36. The number of urea groups is 1. The summed E-state index contributed by atoms with van der Waals surface area (Å²) in [6, 6.07) is 13.9. The molecule has 29 heavy (non-hydrogen) atoms. The van der Waals surface area contributed by atoms with Gasteiger partial charge in [0.2, 0.25) is 0 Å². The molecule has 2 saturated heterocycles. The maximum Gasteiger partial charge on any atom is 0.320 e. The zero-order valence-corrected chi connectivity index (χ0v) is 17.0. The topological polar surface area (TPSA) is 47.0 Å². The molecule has 3 atom stereocenters. The van der Waals surface area contributed by atoms with E-state index in [0.717, 1.165) is 31.6 Å². The number of rotatable bonds is 4. The number of nitrogens with zero attached hydrogens (tertiary/aromatic N) is 3. The Morgan fingerprint density at radius 1 is 1.14 bits per heavy atom. The van der Waals surface area contributed by atoms with Gasteiger partial charge in [0.1, 0.15) is 11.6 Å². The molecule has 2 fully saturated rings. The van der Waals surface area contributed by atoms with Crippen LogP contribution in [0.3, 0.4) is 0 Å². The Hall–Kier alpha value is -2.60. The van der Waals surface area contributed by atoms with Gasteiger partial charge in [-0.25, -0.2) is 9.18 Å². The molecule has 0 aromatic heterocycles. The van der Waals surface area contributed by atoms with Crippen LogP contribution in [0.25, 0.3) is 0 Å². The molecule has 6 heteroatoms. The third-order valence-corrected chi connectivity index (χ3v) is 6.21. The SMILES string of the molecule is CN(C)C(=O)N1C[C@H]2CN(CCc3ccc(O)cc3)C[C@H]2[C@@H]1c1cccc(F)c1. The predicted molar refractivity (Wildman–Crippen MR) is 110 cm³/mol. The van der Waals surface area contributed by atoms with Crippen LogP contribution in [0.15, 0.2) is 48.5 Å². The zero-order valence-electron chi connectivity index (χ0n) is 17.0. The fraction of sp³-hybridized carbons (Fsp3) is 0.435. The number of phenolic OH excluding ortho intramolecular Hbond substituents is 1. The fourth-order valence-electron chi connectivity index (χ4n) is 4.84. The number of hydrogen-bond acceptors (Lipinski definition) is 3. The van der Waals surface area contributed by atoms with Crippen LogP contribution in [-0.4, -0.2) is 66.1 Å². The number of phenols is 1. The molecule has 0 radical (unpaired) electrons. The molecule has 5 nitrogen and oxygen atoms in total. The lowest BCUT2D eigenvalue weighted by molar-refractivity contribution is 0.152. The molecule has 2 aliphatic heterocycles. The molecule has 2 heterocycles. The molecule has 4 rings (SSSR count). The first kappa shape index (κ1) is 19.7. The van der Waals surface area contributed by atoms with Crippen molar-refractivity contribution in [2.24, 2.45) is 11.8 Å². The van der Waals surface area contributed by atoms with E-state index in [-0.39, 0.29) is 23.6 Å². The van der Waals surface area contributed by atoms with E-state index in [1.165, 1.54) is 11.6 Å². The van der Waals surface area contributed by atoms with Gasteiger partial charge in [0.15, 0.2) is 0 Å². The van der Waals surface area contributed by atoms with E-state index in [0.29, 0.717) is 18.4 Å². The highest BCUT2D eigenvalue weighted by Crippen LogP contribution is 2.45. The summed E-state index contributed by atoms with van der Waals surface area (Å²) in [7, 11) is 3.53. The number of carbonyl (C=O) groups excluding carboxylic acids is 1. The Kier molecular flexibility index (Phi) is 5.46. The van der Waals surface area contributed by atoms with Crippen LogP contribution in [-0.2, 0) is 6.42 Å². The van der Waals surface area contributed by atoms with Gasteiger partial charge in [-0.05, 0) is 47.7 Å². The lowest BCUT2D eigenvalue weighted by atomic mass is 9.89. The molecule has 154 valence electrons. The van der Waals surface area contributed by atoms with Crippen LogP contribution >= 0.6 is 0 Å². The van der Waals surface area contributed by atoms with Gasteiger partial charge in [-0.2, -0.15) is 0 Å². The number of carbonyl (C=O) groups is 1. The van der Waals surface area contributed by atoms with E-state index >= 15 is 0 Å². The van der Waals surface area contributed by atoms with Gasteiger partial charge in [-0.15, -0.1) is 0 Å². The highest BCUT2D eigenvalue weighted by molar-refractivity contribution is 5.75. The molecular weight excluding hydrogens is 369 g/mol. The average molecular weight is 397 g/mol. The summed E-state index contributed by atoms with van der Waals surface area (Å²) >= 11 is 0. The van der Waals surface area contributed by atoms with Crippen molar-refractivity contribution in [2.75, 3.05) is 40.3 Å². The molecule has 2 aromatic carbocycles. The van der Waals surface area contributed by atoms with Crippen molar-refractivity contribution in [3.05, 3.63) is 65.5 Å². The van der Waals surface area contributed by atoms with Crippen LogP contribution in [0.1, 0.15) is 17.2 Å². The number of likely N-dealkylation sites (tertiary alicyclic amines) is 2. The third kappa shape index (κ3) is 4.08. The summed E-state index contributed by atoms with van der Waals surface area (Å²) in [6.45, 7) is 3.50. The van der Waals surface area contributed by atoms with E-state index in [2.05, 4.69) is 4.90 Å². The largest absolute Gasteiger partial charge is 0.508 e. The first-order valence-corrected chi connectivity index (χ1v) is 10.2. The van der Waals surface area contributed by atoms with Crippen molar-refractivity contribution in [1.29, 1.82) is 0 Å². The quantitative estimate of drug-likeness (QED) is 0.861. The number of benzene rings is 2. The monoisotopic (exact) mass is 397 g/mol. The van der Waals surface area contributed by atoms with Crippen molar-refractivity contribution >= 4 is 6.03 Å². The molecule has 1 N–H and O–H groups in total. The van der Waals surface area contributed by atoms with Crippen LogP contribution < -0.4 is 0 Å². The molecule has 0 aliphatic carbocycles. The molecule has 0 spiro atoms. The second-order valence-electron chi connectivity index (χ2n) is 8.43. The number of fused-ring (bicyclic) bond motifs is 1. The van der Waals surface area contributed by atoms with Crippen molar-refractivity contribution in [2.45, 2.75) is 12.5 Å². The van der Waals surface area contributed by atoms with Gasteiger partial charge < -0.3 is 19.8 Å². The second-order valence-corrected chi connectivity index (χ2v) is 8.43. The smallest absolute Gasteiger partial charge is 0.320 e. The maximum atomic E-state index is 13.9. The first-order chi connectivity index (χ1) is 13.9. The minimum absolute atomic E-state index is 0.00990. The van der Waals surface area contributed by atoms with E-state index in [1.54, 1.807) is 43.3 Å². The van der Waals surface area contributed by atoms with Crippen LogP contribution in [0.5, 0.6) is 5.75 Å². The van der Waals surface area contributed by atoms with Gasteiger partial charge in [-0.3, -0.25) is 0 Å².